The van der Waals surface area contributed by atoms with Crippen LogP contribution in [-0.4, -0.2) is 0 Å². The molecule has 0 unspecified atom stereocenters. The zero-order valence-corrected chi connectivity index (χ0v) is 32.1. The molecule has 2 heteroatoms. The van der Waals surface area contributed by atoms with E-state index in [1.54, 1.807) is 0 Å². The van der Waals surface area contributed by atoms with Gasteiger partial charge in [0.15, 0.2) is 5.58 Å². The van der Waals surface area contributed by atoms with Crippen molar-refractivity contribution in [3.8, 4) is 44.5 Å². The van der Waals surface area contributed by atoms with Crippen LogP contribution in [0.4, 0.5) is 17.1 Å². The molecule has 0 fully saturated rings. The second-order valence-electron chi connectivity index (χ2n) is 16.5. The van der Waals surface area contributed by atoms with Crippen molar-refractivity contribution in [1.82, 2.24) is 0 Å². The van der Waals surface area contributed by atoms with Crippen molar-refractivity contribution < 1.29 is 4.42 Å². The third-order valence-electron chi connectivity index (χ3n) is 12.7. The van der Waals surface area contributed by atoms with Crippen molar-refractivity contribution >= 4 is 39.0 Å². The summed E-state index contributed by atoms with van der Waals surface area (Å²) in [5, 5.41) is 2.26. The van der Waals surface area contributed by atoms with E-state index in [1.165, 1.54) is 66.8 Å². The molecule has 1 aromatic heterocycles. The maximum absolute atomic E-state index is 7.19. The highest BCUT2D eigenvalue weighted by Gasteiger charge is 2.38. The second kappa shape index (κ2) is 11.9. The number of furan rings is 1. The SMILES string of the molecule is CC1(C)c2ccccc2-c2c(-c3cccc(N(c4ccc(-c5ccccc5)cc4)c4cccc5c4oc4c6c(ccc45)C(C)(C)c4ccccc4-6)c3)cccc21. The van der Waals surface area contributed by atoms with Crippen molar-refractivity contribution in [3.05, 3.63) is 198 Å². The molecule has 9 aromatic rings. The minimum absolute atomic E-state index is 0.0705. The fraction of sp³-hybridized carbons (Fsp3) is 0.111. The van der Waals surface area contributed by atoms with E-state index in [4.69, 9.17) is 4.42 Å². The number of nitrogens with zero attached hydrogens (tertiary/aromatic N) is 1. The molecule has 2 aliphatic rings. The predicted molar refractivity (Wildman–Crippen MR) is 234 cm³/mol. The number of anilines is 3. The first-order valence-corrected chi connectivity index (χ1v) is 19.7. The third kappa shape index (κ3) is 4.62. The molecular weight excluding hydrogens is 679 g/mol. The molecule has 0 spiro atoms. The Morgan fingerprint density at radius 3 is 1.68 bits per heavy atom. The van der Waals surface area contributed by atoms with Crippen LogP contribution in [0.15, 0.2) is 180 Å². The van der Waals surface area contributed by atoms with Crippen LogP contribution < -0.4 is 4.90 Å². The zero-order valence-electron chi connectivity index (χ0n) is 32.1. The molecule has 268 valence electrons. The summed E-state index contributed by atoms with van der Waals surface area (Å²) >= 11 is 0. The first-order valence-electron chi connectivity index (χ1n) is 19.7. The quantitative estimate of drug-likeness (QED) is 0.176. The van der Waals surface area contributed by atoms with Gasteiger partial charge in [-0.2, -0.15) is 0 Å². The van der Waals surface area contributed by atoms with Crippen LogP contribution in [0.3, 0.4) is 0 Å². The van der Waals surface area contributed by atoms with E-state index in [2.05, 4.69) is 209 Å². The summed E-state index contributed by atoms with van der Waals surface area (Å²) in [6, 6.07) is 64.3. The fourth-order valence-corrected chi connectivity index (χ4v) is 9.87. The first-order chi connectivity index (χ1) is 27.3. The fourth-order valence-electron chi connectivity index (χ4n) is 9.87. The lowest BCUT2D eigenvalue weighted by molar-refractivity contribution is 0.653. The van der Waals surface area contributed by atoms with Gasteiger partial charge in [0.25, 0.3) is 0 Å². The average Bonchev–Trinajstić information content (AvgIpc) is 3.82. The summed E-state index contributed by atoms with van der Waals surface area (Å²) in [7, 11) is 0. The molecule has 0 bridgehead atoms. The Hall–Kier alpha value is -6.64. The minimum atomic E-state index is -0.109. The van der Waals surface area contributed by atoms with Crippen LogP contribution in [0.5, 0.6) is 0 Å². The normalized spacial score (nSPS) is 14.4. The van der Waals surface area contributed by atoms with Crippen molar-refractivity contribution in [3.63, 3.8) is 0 Å². The Labute approximate surface area is 328 Å². The highest BCUT2D eigenvalue weighted by molar-refractivity contribution is 6.15. The first kappa shape index (κ1) is 32.8. The Morgan fingerprint density at radius 2 is 0.929 bits per heavy atom. The highest BCUT2D eigenvalue weighted by atomic mass is 16.3. The molecule has 2 aliphatic carbocycles. The van der Waals surface area contributed by atoms with E-state index in [-0.39, 0.29) is 10.8 Å². The zero-order chi connectivity index (χ0) is 37.8. The van der Waals surface area contributed by atoms with Gasteiger partial charge in [0.1, 0.15) is 5.58 Å². The van der Waals surface area contributed by atoms with Crippen LogP contribution in [0.1, 0.15) is 49.9 Å². The number of fused-ring (bicyclic) bond motifs is 10. The predicted octanol–water partition coefficient (Wildman–Crippen LogP) is 15.0. The van der Waals surface area contributed by atoms with Crippen LogP contribution in [-0.2, 0) is 10.8 Å². The Morgan fingerprint density at radius 1 is 0.375 bits per heavy atom. The van der Waals surface area contributed by atoms with E-state index in [0.29, 0.717) is 0 Å². The number of hydrogen-bond acceptors (Lipinski definition) is 2. The molecule has 1 heterocycles. The summed E-state index contributed by atoms with van der Waals surface area (Å²) in [6.07, 6.45) is 0. The van der Waals surface area contributed by atoms with Gasteiger partial charge in [0.2, 0.25) is 0 Å². The van der Waals surface area contributed by atoms with E-state index in [0.717, 1.165) is 39.0 Å². The molecule has 0 N–H and O–H groups in total. The highest BCUT2D eigenvalue weighted by Crippen LogP contribution is 2.55. The number of para-hydroxylation sites is 1. The summed E-state index contributed by atoms with van der Waals surface area (Å²) in [5.74, 6) is 0. The molecule has 0 aliphatic heterocycles. The van der Waals surface area contributed by atoms with Crippen molar-refractivity contribution in [2.75, 3.05) is 4.90 Å². The minimum Gasteiger partial charge on any atom is -0.453 e. The number of rotatable bonds is 5. The average molecular weight is 720 g/mol. The van der Waals surface area contributed by atoms with E-state index in [9.17, 15) is 0 Å². The third-order valence-corrected chi connectivity index (χ3v) is 12.7. The second-order valence-corrected chi connectivity index (χ2v) is 16.5. The molecule has 0 radical (unpaired) electrons. The summed E-state index contributed by atoms with van der Waals surface area (Å²) in [6.45, 7) is 9.35. The molecule has 0 saturated heterocycles. The van der Waals surface area contributed by atoms with E-state index in [1.807, 2.05) is 0 Å². The lowest BCUT2D eigenvalue weighted by atomic mass is 9.82. The van der Waals surface area contributed by atoms with Gasteiger partial charge >= 0.3 is 0 Å². The van der Waals surface area contributed by atoms with Gasteiger partial charge in [-0.05, 0) is 91.5 Å². The maximum Gasteiger partial charge on any atom is 0.159 e. The molecule has 0 atom stereocenters. The topological polar surface area (TPSA) is 16.4 Å². The summed E-state index contributed by atoms with van der Waals surface area (Å²) in [5.41, 5.74) is 20.2. The van der Waals surface area contributed by atoms with E-state index >= 15 is 0 Å². The lowest BCUT2D eigenvalue weighted by Gasteiger charge is -2.26. The van der Waals surface area contributed by atoms with Gasteiger partial charge in [-0.3, -0.25) is 0 Å². The van der Waals surface area contributed by atoms with Crippen molar-refractivity contribution in [2.45, 2.75) is 38.5 Å². The van der Waals surface area contributed by atoms with Gasteiger partial charge in [-0.1, -0.05) is 173 Å². The Kier molecular flexibility index (Phi) is 6.98. The van der Waals surface area contributed by atoms with Crippen molar-refractivity contribution in [1.29, 1.82) is 0 Å². The van der Waals surface area contributed by atoms with Crippen LogP contribution >= 0.6 is 0 Å². The standard InChI is InChI=1S/C54H41NO/c1-53(2)44-23-10-8-19-42(44)49-39(21-13-25-46(49)53)36-17-12-18-38(33-36)55(37-29-27-35(28-30-37)34-15-6-5-7-16-34)48-26-14-22-40-41-31-32-47-50(52(41)56-51(40)48)43-20-9-11-24-45(43)54(47,3)4/h5-33H,1-4H3. The van der Waals surface area contributed by atoms with Crippen LogP contribution in [0.2, 0.25) is 0 Å². The van der Waals surface area contributed by atoms with Gasteiger partial charge in [-0.15, -0.1) is 0 Å². The number of benzene rings is 8. The van der Waals surface area contributed by atoms with Crippen molar-refractivity contribution in [2.24, 2.45) is 0 Å². The lowest BCUT2D eigenvalue weighted by Crippen LogP contribution is -2.14. The van der Waals surface area contributed by atoms with Gasteiger partial charge in [0.05, 0.1) is 5.69 Å². The summed E-state index contributed by atoms with van der Waals surface area (Å²) < 4.78 is 7.19. The molecular formula is C54H41NO. The van der Waals surface area contributed by atoms with Gasteiger partial charge in [-0.25, -0.2) is 0 Å². The Bertz CT molecular complexity index is 3020. The van der Waals surface area contributed by atoms with Gasteiger partial charge in [0, 0.05) is 38.5 Å². The molecule has 0 amide bonds. The monoisotopic (exact) mass is 719 g/mol. The smallest absolute Gasteiger partial charge is 0.159 e. The van der Waals surface area contributed by atoms with E-state index < -0.39 is 0 Å². The van der Waals surface area contributed by atoms with Gasteiger partial charge < -0.3 is 9.32 Å². The molecule has 2 nitrogen and oxygen atoms in total. The maximum atomic E-state index is 7.19. The molecule has 0 saturated carbocycles. The van der Waals surface area contributed by atoms with Crippen LogP contribution in [0.25, 0.3) is 66.4 Å². The molecule has 8 aromatic carbocycles. The largest absolute Gasteiger partial charge is 0.453 e. The number of hydrogen-bond donors (Lipinski definition) is 0. The van der Waals surface area contributed by atoms with Crippen LogP contribution in [0, 0.1) is 0 Å². The molecule has 11 rings (SSSR count). The Balaban J connectivity index is 1.13. The summed E-state index contributed by atoms with van der Waals surface area (Å²) in [4.78, 5) is 2.38. The molecule has 56 heavy (non-hydrogen) atoms.